The molecule has 0 spiro atoms. The zero-order valence-corrected chi connectivity index (χ0v) is 10.8. The van der Waals surface area contributed by atoms with Crippen LogP contribution in [0.1, 0.15) is 29.4 Å². The third kappa shape index (κ3) is 2.57. The molecule has 2 aromatic heterocycles. The second-order valence-corrected chi connectivity index (χ2v) is 4.32. The summed E-state index contributed by atoms with van der Waals surface area (Å²) in [5.41, 5.74) is 1.86. The fourth-order valence-electron chi connectivity index (χ4n) is 1.83. The lowest BCUT2D eigenvalue weighted by molar-refractivity contribution is -0.139. The minimum absolute atomic E-state index is 0.217. The first-order valence-electron chi connectivity index (χ1n) is 6.01. The average Bonchev–Trinajstić information content (AvgIpc) is 2.80. The first-order chi connectivity index (χ1) is 9.02. The Kier molecular flexibility index (Phi) is 3.50. The van der Waals surface area contributed by atoms with E-state index in [0.717, 1.165) is 5.56 Å². The predicted molar refractivity (Wildman–Crippen MR) is 69.1 cm³/mol. The van der Waals surface area contributed by atoms with Crippen molar-refractivity contribution in [2.75, 3.05) is 0 Å². The number of carbonyl (C=O) groups excluding carboxylic acids is 1. The molecule has 2 aromatic rings. The highest BCUT2D eigenvalue weighted by atomic mass is 16.4. The summed E-state index contributed by atoms with van der Waals surface area (Å²) in [4.78, 5) is 27.0. The van der Waals surface area contributed by atoms with Gasteiger partial charge in [0.05, 0.1) is 0 Å². The van der Waals surface area contributed by atoms with Gasteiger partial charge in [-0.25, -0.2) is 9.78 Å². The molecule has 19 heavy (non-hydrogen) atoms. The largest absolute Gasteiger partial charge is 0.480 e. The minimum atomic E-state index is -1.05. The molecule has 1 atom stereocenters. The van der Waals surface area contributed by atoms with Crippen molar-refractivity contribution in [3.63, 3.8) is 0 Å². The summed E-state index contributed by atoms with van der Waals surface area (Å²) in [6.45, 7) is 3.60. The first-order valence-corrected chi connectivity index (χ1v) is 6.01. The molecule has 0 aromatic carbocycles. The number of pyridine rings is 1. The number of imidazole rings is 1. The molecule has 0 radical (unpaired) electrons. The summed E-state index contributed by atoms with van der Waals surface area (Å²) in [6.07, 6.45) is 3.71. The van der Waals surface area contributed by atoms with Crippen LogP contribution in [0.3, 0.4) is 0 Å². The number of carbonyl (C=O) groups is 2. The lowest BCUT2D eigenvalue weighted by atomic mass is 10.2. The highest BCUT2D eigenvalue weighted by Crippen LogP contribution is 2.10. The summed E-state index contributed by atoms with van der Waals surface area (Å²) >= 11 is 0. The van der Waals surface area contributed by atoms with Crippen molar-refractivity contribution in [2.45, 2.75) is 26.3 Å². The van der Waals surface area contributed by atoms with Gasteiger partial charge in [0.1, 0.15) is 17.4 Å². The number of nitrogens with one attached hydrogen (secondary N) is 1. The molecule has 0 saturated carbocycles. The van der Waals surface area contributed by atoms with Gasteiger partial charge in [-0.05, 0) is 25.0 Å². The standard InChI is InChI=1S/C13H15N3O3/c1-3-9(13(18)19)15-12(17)10-7-16-6-4-5-8(2)11(16)14-10/h4-7,9H,3H2,1-2H3,(H,15,17)(H,18,19). The van der Waals surface area contributed by atoms with Crippen LogP contribution in [0.15, 0.2) is 24.5 Å². The van der Waals surface area contributed by atoms with Gasteiger partial charge in [-0.3, -0.25) is 4.79 Å². The van der Waals surface area contributed by atoms with Crippen LogP contribution < -0.4 is 5.32 Å². The Morgan fingerprint density at radius 1 is 1.53 bits per heavy atom. The van der Waals surface area contributed by atoms with Crippen molar-refractivity contribution >= 4 is 17.5 Å². The number of hydrogen-bond acceptors (Lipinski definition) is 3. The van der Waals surface area contributed by atoms with Gasteiger partial charge >= 0.3 is 5.97 Å². The van der Waals surface area contributed by atoms with E-state index in [1.807, 2.05) is 19.1 Å². The van der Waals surface area contributed by atoms with Gasteiger partial charge in [0.25, 0.3) is 5.91 Å². The number of aliphatic carboxylic acids is 1. The number of aromatic nitrogens is 2. The molecular formula is C13H15N3O3. The Labute approximate surface area is 110 Å². The van der Waals surface area contributed by atoms with E-state index in [-0.39, 0.29) is 5.69 Å². The summed E-state index contributed by atoms with van der Waals surface area (Å²) in [5, 5.41) is 11.4. The van der Waals surface area contributed by atoms with Crippen LogP contribution in [0, 0.1) is 6.92 Å². The molecule has 6 heteroatoms. The fraction of sp³-hybridized carbons (Fsp3) is 0.308. The van der Waals surface area contributed by atoms with Gasteiger partial charge < -0.3 is 14.8 Å². The summed E-state index contributed by atoms with van der Waals surface area (Å²) in [5.74, 6) is -1.52. The summed E-state index contributed by atoms with van der Waals surface area (Å²) in [7, 11) is 0. The van der Waals surface area contributed by atoms with E-state index >= 15 is 0 Å². The van der Waals surface area contributed by atoms with Crippen LogP contribution in [0.2, 0.25) is 0 Å². The third-order valence-electron chi connectivity index (χ3n) is 2.92. The van der Waals surface area contributed by atoms with Crippen molar-refractivity contribution in [1.82, 2.24) is 14.7 Å². The average molecular weight is 261 g/mol. The summed E-state index contributed by atoms with van der Waals surface area (Å²) < 4.78 is 1.74. The molecule has 0 aliphatic rings. The molecule has 2 N–H and O–H groups in total. The van der Waals surface area contributed by atoms with E-state index in [0.29, 0.717) is 12.1 Å². The second kappa shape index (κ2) is 5.09. The normalized spacial score (nSPS) is 12.3. The zero-order chi connectivity index (χ0) is 14.0. The number of carboxylic acids is 1. The molecule has 0 aliphatic heterocycles. The lowest BCUT2D eigenvalue weighted by Crippen LogP contribution is -2.40. The van der Waals surface area contributed by atoms with E-state index in [9.17, 15) is 9.59 Å². The predicted octanol–water partition coefficient (Wildman–Crippen LogP) is 1.24. The molecule has 100 valence electrons. The van der Waals surface area contributed by atoms with Crippen molar-refractivity contribution in [3.05, 3.63) is 35.8 Å². The Hall–Kier alpha value is -2.37. The third-order valence-corrected chi connectivity index (χ3v) is 2.92. The first kappa shape index (κ1) is 13.1. The molecule has 0 aliphatic carbocycles. The molecule has 2 heterocycles. The van der Waals surface area contributed by atoms with Crippen LogP contribution >= 0.6 is 0 Å². The Morgan fingerprint density at radius 2 is 2.26 bits per heavy atom. The maximum Gasteiger partial charge on any atom is 0.326 e. The van der Waals surface area contributed by atoms with Crippen LogP contribution in [0.4, 0.5) is 0 Å². The summed E-state index contributed by atoms with van der Waals surface area (Å²) in [6, 6.07) is 2.87. The minimum Gasteiger partial charge on any atom is -0.480 e. The maximum atomic E-state index is 11.9. The van der Waals surface area contributed by atoms with Gasteiger partial charge in [0.2, 0.25) is 0 Å². The van der Waals surface area contributed by atoms with E-state index in [2.05, 4.69) is 10.3 Å². The highest BCUT2D eigenvalue weighted by molar-refractivity contribution is 5.95. The van der Waals surface area contributed by atoms with Crippen molar-refractivity contribution in [2.24, 2.45) is 0 Å². The van der Waals surface area contributed by atoms with Crippen LogP contribution in [0.25, 0.3) is 5.65 Å². The molecule has 6 nitrogen and oxygen atoms in total. The smallest absolute Gasteiger partial charge is 0.326 e. The van der Waals surface area contributed by atoms with Gasteiger partial charge in [-0.2, -0.15) is 0 Å². The maximum absolute atomic E-state index is 11.9. The quantitative estimate of drug-likeness (QED) is 0.867. The van der Waals surface area contributed by atoms with E-state index in [1.165, 1.54) is 0 Å². The van der Waals surface area contributed by atoms with Crippen molar-refractivity contribution < 1.29 is 14.7 Å². The molecule has 1 amide bonds. The number of fused-ring (bicyclic) bond motifs is 1. The number of carboxylic acid groups (broad SMARTS) is 1. The SMILES string of the molecule is CCC(NC(=O)c1cn2cccc(C)c2n1)C(=O)O. The number of rotatable bonds is 4. The monoisotopic (exact) mass is 261 g/mol. The number of amides is 1. The van der Waals surface area contributed by atoms with Gasteiger partial charge in [0.15, 0.2) is 0 Å². The molecule has 0 bridgehead atoms. The highest BCUT2D eigenvalue weighted by Gasteiger charge is 2.20. The second-order valence-electron chi connectivity index (χ2n) is 4.32. The molecular weight excluding hydrogens is 246 g/mol. The zero-order valence-electron chi connectivity index (χ0n) is 10.8. The fourth-order valence-corrected chi connectivity index (χ4v) is 1.83. The lowest BCUT2D eigenvalue weighted by Gasteiger charge is -2.10. The van der Waals surface area contributed by atoms with Crippen molar-refractivity contribution in [1.29, 1.82) is 0 Å². The van der Waals surface area contributed by atoms with Crippen LogP contribution in [0.5, 0.6) is 0 Å². The van der Waals surface area contributed by atoms with E-state index < -0.39 is 17.9 Å². The van der Waals surface area contributed by atoms with Gasteiger partial charge in [-0.15, -0.1) is 0 Å². The Balaban J connectivity index is 2.27. The Morgan fingerprint density at radius 3 is 2.84 bits per heavy atom. The van der Waals surface area contributed by atoms with Gasteiger partial charge in [-0.1, -0.05) is 13.0 Å². The van der Waals surface area contributed by atoms with Crippen LogP contribution in [-0.4, -0.2) is 32.4 Å². The molecule has 0 fully saturated rings. The van der Waals surface area contributed by atoms with Gasteiger partial charge in [0, 0.05) is 12.4 Å². The Bertz CT molecular complexity index is 633. The number of hydrogen-bond donors (Lipinski definition) is 2. The number of aryl methyl sites for hydroxylation is 1. The molecule has 2 rings (SSSR count). The van der Waals surface area contributed by atoms with E-state index in [4.69, 9.17) is 5.11 Å². The molecule has 1 unspecified atom stereocenters. The van der Waals surface area contributed by atoms with Crippen LogP contribution in [-0.2, 0) is 4.79 Å². The topological polar surface area (TPSA) is 83.7 Å². The number of nitrogens with zero attached hydrogens (tertiary/aromatic N) is 2. The van der Waals surface area contributed by atoms with Crippen molar-refractivity contribution in [3.8, 4) is 0 Å². The molecule has 0 saturated heterocycles. The van der Waals surface area contributed by atoms with E-state index in [1.54, 1.807) is 23.7 Å².